The highest BCUT2D eigenvalue weighted by Crippen LogP contribution is 2.56. The first kappa shape index (κ1) is 12.7. The molecule has 1 aromatic carbocycles. The number of carboxylic acids is 1. The molecule has 18 heavy (non-hydrogen) atoms. The highest BCUT2D eigenvalue weighted by molar-refractivity contribution is 5.71. The van der Waals surface area contributed by atoms with Crippen LogP contribution in [0.25, 0.3) is 0 Å². The van der Waals surface area contributed by atoms with Gasteiger partial charge in [-0.15, -0.1) is 0 Å². The molecule has 2 N–H and O–H groups in total. The molecular formula is C14H18O4. The Labute approximate surface area is 106 Å². The molecule has 0 bridgehead atoms. The van der Waals surface area contributed by atoms with Gasteiger partial charge in [0, 0.05) is 11.0 Å². The molecule has 0 amide bonds. The van der Waals surface area contributed by atoms with Crippen molar-refractivity contribution in [2.45, 2.75) is 44.6 Å². The number of rotatable bonds is 5. The van der Waals surface area contributed by atoms with Gasteiger partial charge in [0.25, 0.3) is 0 Å². The van der Waals surface area contributed by atoms with Gasteiger partial charge in [0.15, 0.2) is 0 Å². The first-order chi connectivity index (χ1) is 8.44. The Morgan fingerprint density at radius 2 is 2.11 bits per heavy atom. The Kier molecular flexibility index (Phi) is 3.20. The first-order valence-electron chi connectivity index (χ1n) is 6.15. The van der Waals surface area contributed by atoms with E-state index in [2.05, 4.69) is 0 Å². The zero-order chi connectivity index (χ0) is 13.3. The average molecular weight is 250 g/mol. The molecule has 0 spiro atoms. The van der Waals surface area contributed by atoms with Gasteiger partial charge >= 0.3 is 5.97 Å². The fourth-order valence-corrected chi connectivity index (χ4v) is 2.36. The zero-order valence-corrected chi connectivity index (χ0v) is 10.6. The van der Waals surface area contributed by atoms with Gasteiger partial charge in [0.1, 0.15) is 11.5 Å². The van der Waals surface area contributed by atoms with Crippen LogP contribution in [0.15, 0.2) is 18.2 Å². The fourth-order valence-electron chi connectivity index (χ4n) is 2.36. The average Bonchev–Trinajstić information content (AvgIpc) is 2.96. The summed E-state index contributed by atoms with van der Waals surface area (Å²) < 4.78 is 5.68. The molecule has 0 aliphatic heterocycles. The highest BCUT2D eigenvalue weighted by Gasteiger charge is 2.49. The summed E-state index contributed by atoms with van der Waals surface area (Å²) in [5.74, 6) is -0.109. The summed E-state index contributed by atoms with van der Waals surface area (Å²) in [5, 5.41) is 19.0. The summed E-state index contributed by atoms with van der Waals surface area (Å²) >= 11 is 0. The maximum Gasteiger partial charge on any atom is 0.304 e. The molecule has 1 fully saturated rings. The molecule has 0 radical (unpaired) electrons. The summed E-state index contributed by atoms with van der Waals surface area (Å²) in [4.78, 5) is 11.0. The summed E-state index contributed by atoms with van der Waals surface area (Å²) in [6.45, 7) is 3.81. The molecule has 0 atom stereocenters. The predicted molar refractivity (Wildman–Crippen MR) is 67.0 cm³/mol. The largest absolute Gasteiger partial charge is 0.508 e. The van der Waals surface area contributed by atoms with Gasteiger partial charge in [-0.2, -0.15) is 0 Å². The van der Waals surface area contributed by atoms with E-state index >= 15 is 0 Å². The lowest BCUT2D eigenvalue weighted by atomic mass is 9.90. The monoisotopic (exact) mass is 250 g/mol. The second kappa shape index (κ2) is 4.52. The van der Waals surface area contributed by atoms with E-state index in [9.17, 15) is 9.90 Å². The summed E-state index contributed by atoms with van der Waals surface area (Å²) in [6.07, 6.45) is 1.60. The van der Waals surface area contributed by atoms with E-state index in [0.29, 0.717) is 11.3 Å². The zero-order valence-electron chi connectivity index (χ0n) is 10.6. The molecule has 1 saturated carbocycles. The van der Waals surface area contributed by atoms with E-state index < -0.39 is 11.4 Å². The number of aliphatic carboxylic acids is 1. The molecule has 0 heterocycles. The number of carbonyl (C=O) groups is 1. The Bertz CT molecular complexity index is 461. The molecule has 2 rings (SSSR count). The molecule has 4 nitrogen and oxygen atoms in total. The molecule has 1 aliphatic rings. The van der Waals surface area contributed by atoms with Crippen LogP contribution in [0.4, 0.5) is 0 Å². The van der Waals surface area contributed by atoms with Crippen LogP contribution in [0.2, 0.25) is 0 Å². The number of phenolic OH excluding ortho intramolecular Hbond substituents is 1. The minimum atomic E-state index is -0.841. The van der Waals surface area contributed by atoms with Crippen molar-refractivity contribution in [1.29, 1.82) is 0 Å². The number of aromatic hydroxyl groups is 1. The lowest BCUT2D eigenvalue weighted by molar-refractivity contribution is -0.137. The van der Waals surface area contributed by atoms with Crippen LogP contribution in [-0.4, -0.2) is 22.3 Å². The van der Waals surface area contributed by atoms with Crippen molar-refractivity contribution in [1.82, 2.24) is 0 Å². The van der Waals surface area contributed by atoms with Gasteiger partial charge in [-0.3, -0.25) is 4.79 Å². The van der Waals surface area contributed by atoms with E-state index in [4.69, 9.17) is 9.84 Å². The number of phenols is 1. The van der Waals surface area contributed by atoms with Crippen LogP contribution in [0.1, 0.15) is 38.7 Å². The summed E-state index contributed by atoms with van der Waals surface area (Å²) in [7, 11) is 0. The number of ether oxygens (including phenoxy) is 1. The van der Waals surface area contributed by atoms with Gasteiger partial charge in [0.05, 0.1) is 12.5 Å². The van der Waals surface area contributed by atoms with Gasteiger partial charge in [0.2, 0.25) is 0 Å². The molecule has 4 heteroatoms. The van der Waals surface area contributed by atoms with Gasteiger partial charge < -0.3 is 14.9 Å². The molecule has 0 aromatic heterocycles. The number of hydrogen-bond acceptors (Lipinski definition) is 3. The van der Waals surface area contributed by atoms with Crippen LogP contribution in [0, 0.1) is 0 Å². The molecule has 0 saturated heterocycles. The number of carboxylic acid groups (broad SMARTS) is 1. The Hall–Kier alpha value is -1.71. The van der Waals surface area contributed by atoms with E-state index in [0.717, 1.165) is 12.8 Å². The standard InChI is InChI=1S/C14H18O4/c1-9(2)18-11-5-3-4-10(15)13(11)14(6-7-14)8-12(16)17/h3-5,9,15H,6-8H2,1-2H3,(H,16,17). The first-order valence-corrected chi connectivity index (χ1v) is 6.15. The predicted octanol–water partition coefficient (Wildman–Crippen LogP) is 2.69. The van der Waals surface area contributed by atoms with Crippen LogP contribution in [-0.2, 0) is 10.2 Å². The van der Waals surface area contributed by atoms with Crippen molar-refractivity contribution < 1.29 is 19.7 Å². The minimum Gasteiger partial charge on any atom is -0.508 e. The van der Waals surface area contributed by atoms with Gasteiger partial charge in [-0.05, 0) is 38.8 Å². The lowest BCUT2D eigenvalue weighted by Crippen LogP contribution is -2.16. The van der Waals surface area contributed by atoms with Crippen molar-refractivity contribution >= 4 is 5.97 Å². The lowest BCUT2D eigenvalue weighted by Gasteiger charge is -2.21. The third-order valence-corrected chi connectivity index (χ3v) is 3.24. The second-order valence-electron chi connectivity index (χ2n) is 5.17. The smallest absolute Gasteiger partial charge is 0.304 e. The summed E-state index contributed by atoms with van der Waals surface area (Å²) in [5.41, 5.74) is 0.211. The van der Waals surface area contributed by atoms with E-state index in [1.165, 1.54) is 0 Å². The normalized spacial score (nSPS) is 16.6. The molecule has 0 unspecified atom stereocenters. The SMILES string of the molecule is CC(C)Oc1cccc(O)c1C1(CC(=O)O)CC1. The molecular weight excluding hydrogens is 232 g/mol. The van der Waals surface area contributed by atoms with Crippen molar-refractivity contribution in [3.05, 3.63) is 23.8 Å². The molecule has 98 valence electrons. The number of hydrogen-bond donors (Lipinski definition) is 2. The van der Waals surface area contributed by atoms with Crippen LogP contribution >= 0.6 is 0 Å². The van der Waals surface area contributed by atoms with E-state index in [-0.39, 0.29) is 18.3 Å². The van der Waals surface area contributed by atoms with Crippen molar-refractivity contribution in [2.24, 2.45) is 0 Å². The Morgan fingerprint density at radius 1 is 1.44 bits per heavy atom. The maximum absolute atomic E-state index is 11.0. The topological polar surface area (TPSA) is 66.8 Å². The Morgan fingerprint density at radius 3 is 2.61 bits per heavy atom. The van der Waals surface area contributed by atoms with Crippen LogP contribution < -0.4 is 4.74 Å². The highest BCUT2D eigenvalue weighted by atomic mass is 16.5. The van der Waals surface area contributed by atoms with Gasteiger partial charge in [-0.25, -0.2) is 0 Å². The van der Waals surface area contributed by atoms with Crippen molar-refractivity contribution in [3.8, 4) is 11.5 Å². The Balaban J connectivity index is 2.39. The third-order valence-electron chi connectivity index (χ3n) is 3.24. The quantitative estimate of drug-likeness (QED) is 0.843. The van der Waals surface area contributed by atoms with Crippen molar-refractivity contribution in [2.75, 3.05) is 0 Å². The summed E-state index contributed by atoms with van der Waals surface area (Å²) in [6, 6.07) is 5.09. The van der Waals surface area contributed by atoms with Crippen molar-refractivity contribution in [3.63, 3.8) is 0 Å². The third kappa shape index (κ3) is 2.42. The maximum atomic E-state index is 11.0. The minimum absolute atomic E-state index is 0.00817. The fraction of sp³-hybridized carbons (Fsp3) is 0.500. The van der Waals surface area contributed by atoms with Crippen LogP contribution in [0.5, 0.6) is 11.5 Å². The molecule has 1 aliphatic carbocycles. The van der Waals surface area contributed by atoms with E-state index in [1.54, 1.807) is 18.2 Å². The molecule has 1 aromatic rings. The van der Waals surface area contributed by atoms with E-state index in [1.807, 2.05) is 13.8 Å². The number of benzene rings is 1. The van der Waals surface area contributed by atoms with Gasteiger partial charge in [-0.1, -0.05) is 6.07 Å². The second-order valence-corrected chi connectivity index (χ2v) is 5.17. The van der Waals surface area contributed by atoms with Crippen LogP contribution in [0.3, 0.4) is 0 Å².